The molecule has 1 atom stereocenters. The minimum atomic E-state index is -4.43. The molecule has 0 bridgehead atoms. The van der Waals surface area contributed by atoms with Gasteiger partial charge in [-0.05, 0) is 49.2 Å². The first kappa shape index (κ1) is 24.2. The fourth-order valence-electron chi connectivity index (χ4n) is 3.19. The number of alkyl halides is 3. The smallest absolute Gasteiger partial charge is 0.366 e. The Labute approximate surface area is 194 Å². The molecule has 0 saturated heterocycles. The Morgan fingerprint density at radius 1 is 1.06 bits per heavy atom. The highest BCUT2D eigenvalue weighted by Gasteiger charge is 2.30. The summed E-state index contributed by atoms with van der Waals surface area (Å²) >= 11 is 12.5. The highest BCUT2D eigenvalue weighted by Crippen LogP contribution is 2.38. The van der Waals surface area contributed by atoms with Gasteiger partial charge in [0.2, 0.25) is 0 Å². The van der Waals surface area contributed by atoms with Crippen LogP contribution in [0.5, 0.6) is 0 Å². The van der Waals surface area contributed by atoms with Gasteiger partial charge in [0.05, 0.1) is 17.9 Å². The summed E-state index contributed by atoms with van der Waals surface area (Å²) < 4.78 is 44.7. The van der Waals surface area contributed by atoms with Gasteiger partial charge in [-0.3, -0.25) is 4.98 Å². The first-order valence-electron chi connectivity index (χ1n) is 9.84. The fraction of sp³-hybridized carbons (Fsp3) is 0.250. The van der Waals surface area contributed by atoms with Crippen molar-refractivity contribution >= 4 is 29.5 Å². The molecule has 0 aliphatic carbocycles. The SMILES string of the molecule is CCC(C=O)OCc1cc(-c2ccc(Cl)cc2Cl)c(-c2ccc(C(F)(F)F)cc2)nc1C. The van der Waals surface area contributed by atoms with Crippen LogP contribution < -0.4 is 0 Å². The quantitative estimate of drug-likeness (QED) is 0.327. The summed E-state index contributed by atoms with van der Waals surface area (Å²) in [4.78, 5) is 15.8. The molecular formula is C24H20Cl2F3NO2. The second-order valence-electron chi connectivity index (χ2n) is 7.22. The Morgan fingerprint density at radius 2 is 1.75 bits per heavy atom. The lowest BCUT2D eigenvalue weighted by Crippen LogP contribution is -2.13. The van der Waals surface area contributed by atoms with Crippen LogP contribution in [-0.2, 0) is 22.3 Å². The Bertz CT molecular complexity index is 1120. The van der Waals surface area contributed by atoms with E-state index in [1.807, 2.05) is 13.0 Å². The van der Waals surface area contributed by atoms with Crippen molar-refractivity contribution in [2.24, 2.45) is 0 Å². The zero-order valence-electron chi connectivity index (χ0n) is 17.3. The summed E-state index contributed by atoms with van der Waals surface area (Å²) in [5.41, 5.74) is 2.86. The summed E-state index contributed by atoms with van der Waals surface area (Å²) in [6.07, 6.45) is -3.68. The highest BCUT2D eigenvalue weighted by molar-refractivity contribution is 6.36. The van der Waals surface area contributed by atoms with Crippen LogP contribution >= 0.6 is 23.2 Å². The number of aromatic nitrogens is 1. The number of nitrogens with zero attached hydrogens (tertiary/aromatic N) is 1. The summed E-state index contributed by atoms with van der Waals surface area (Å²) in [5.74, 6) is 0. The van der Waals surface area contributed by atoms with Gasteiger partial charge in [0.25, 0.3) is 0 Å². The van der Waals surface area contributed by atoms with Crippen molar-refractivity contribution in [3.8, 4) is 22.4 Å². The first-order valence-corrected chi connectivity index (χ1v) is 10.6. The molecule has 0 aliphatic rings. The van der Waals surface area contributed by atoms with Crippen LogP contribution in [0, 0.1) is 6.92 Å². The molecule has 3 nitrogen and oxygen atoms in total. The molecule has 3 rings (SSSR count). The van der Waals surface area contributed by atoms with Gasteiger partial charge in [-0.15, -0.1) is 0 Å². The normalized spacial score (nSPS) is 12.6. The van der Waals surface area contributed by atoms with Crippen LogP contribution in [0.3, 0.4) is 0 Å². The average molecular weight is 482 g/mol. The summed E-state index contributed by atoms with van der Waals surface area (Å²) in [7, 11) is 0. The lowest BCUT2D eigenvalue weighted by atomic mass is 9.96. The van der Waals surface area contributed by atoms with Gasteiger partial charge in [0, 0.05) is 32.4 Å². The van der Waals surface area contributed by atoms with Gasteiger partial charge >= 0.3 is 6.18 Å². The number of hydrogen-bond donors (Lipinski definition) is 0. The maximum absolute atomic E-state index is 13.0. The van der Waals surface area contributed by atoms with E-state index in [2.05, 4.69) is 4.98 Å². The summed E-state index contributed by atoms with van der Waals surface area (Å²) in [6.45, 7) is 3.78. The third kappa shape index (κ3) is 5.49. The average Bonchev–Trinajstić information content (AvgIpc) is 2.75. The maximum Gasteiger partial charge on any atom is 0.416 e. The molecule has 168 valence electrons. The Hall–Kier alpha value is -2.41. The van der Waals surface area contributed by atoms with E-state index in [4.69, 9.17) is 27.9 Å². The number of benzene rings is 2. The topological polar surface area (TPSA) is 39.2 Å². The van der Waals surface area contributed by atoms with E-state index in [-0.39, 0.29) is 6.61 Å². The lowest BCUT2D eigenvalue weighted by Gasteiger charge is -2.17. The molecule has 0 spiro atoms. The van der Waals surface area contributed by atoms with Gasteiger partial charge in [-0.25, -0.2) is 0 Å². The van der Waals surface area contributed by atoms with Gasteiger partial charge in [-0.2, -0.15) is 13.2 Å². The van der Waals surface area contributed by atoms with Crippen LogP contribution in [0.1, 0.15) is 30.2 Å². The number of aldehydes is 1. The molecule has 1 unspecified atom stereocenters. The second-order valence-corrected chi connectivity index (χ2v) is 8.07. The largest absolute Gasteiger partial charge is 0.416 e. The molecule has 3 aromatic rings. The van der Waals surface area contributed by atoms with Crippen molar-refractivity contribution in [1.29, 1.82) is 0 Å². The third-order valence-electron chi connectivity index (χ3n) is 5.03. The number of rotatable bonds is 7. The number of carbonyl (C=O) groups is 1. The summed E-state index contributed by atoms with van der Waals surface area (Å²) in [5, 5.41) is 0.831. The van der Waals surface area contributed by atoms with Crippen molar-refractivity contribution in [2.45, 2.75) is 39.2 Å². The third-order valence-corrected chi connectivity index (χ3v) is 5.58. The van der Waals surface area contributed by atoms with Crippen molar-refractivity contribution in [3.05, 3.63) is 75.4 Å². The molecule has 0 saturated carbocycles. The lowest BCUT2D eigenvalue weighted by molar-refractivity contribution is -0.137. The van der Waals surface area contributed by atoms with E-state index < -0.39 is 17.8 Å². The molecule has 32 heavy (non-hydrogen) atoms. The predicted molar refractivity (Wildman–Crippen MR) is 120 cm³/mol. The highest BCUT2D eigenvalue weighted by atomic mass is 35.5. The first-order chi connectivity index (χ1) is 15.1. The second kappa shape index (κ2) is 10.0. The Balaban J connectivity index is 2.13. The Kier molecular flexibility index (Phi) is 7.59. The van der Waals surface area contributed by atoms with E-state index >= 15 is 0 Å². The summed E-state index contributed by atoms with van der Waals surface area (Å²) in [6, 6.07) is 11.6. The molecule has 0 radical (unpaired) electrons. The molecule has 2 aromatic carbocycles. The number of aryl methyl sites for hydroxylation is 1. The number of hydrogen-bond acceptors (Lipinski definition) is 3. The van der Waals surface area contributed by atoms with Gasteiger partial charge in [0.15, 0.2) is 0 Å². The van der Waals surface area contributed by atoms with Crippen LogP contribution in [0.15, 0.2) is 48.5 Å². The van der Waals surface area contributed by atoms with E-state index in [9.17, 15) is 18.0 Å². The maximum atomic E-state index is 13.0. The number of ether oxygens (including phenoxy) is 1. The van der Waals surface area contributed by atoms with Crippen LogP contribution in [0.2, 0.25) is 10.0 Å². The number of carbonyl (C=O) groups excluding carboxylic acids is 1. The van der Waals surface area contributed by atoms with Crippen molar-refractivity contribution in [1.82, 2.24) is 4.98 Å². The van der Waals surface area contributed by atoms with Crippen LogP contribution in [-0.4, -0.2) is 17.4 Å². The van der Waals surface area contributed by atoms with Crippen molar-refractivity contribution in [3.63, 3.8) is 0 Å². The molecule has 0 aliphatic heterocycles. The van der Waals surface area contributed by atoms with Crippen LogP contribution in [0.25, 0.3) is 22.4 Å². The van der Waals surface area contributed by atoms with Crippen molar-refractivity contribution in [2.75, 3.05) is 0 Å². The van der Waals surface area contributed by atoms with Crippen molar-refractivity contribution < 1.29 is 22.7 Å². The van der Waals surface area contributed by atoms with Gasteiger partial charge in [-0.1, -0.05) is 48.3 Å². The standard InChI is InChI=1S/C24H20Cl2F3NO2/c1-3-19(12-31)32-13-16-10-21(20-9-8-18(25)11-22(20)26)23(30-14(16)2)15-4-6-17(7-5-15)24(27,28)29/h4-12,19H,3,13H2,1-2H3. The zero-order valence-corrected chi connectivity index (χ0v) is 18.9. The number of halogens is 5. The van der Waals surface area contributed by atoms with Gasteiger partial charge < -0.3 is 9.53 Å². The van der Waals surface area contributed by atoms with E-state index in [1.165, 1.54) is 12.1 Å². The minimum Gasteiger partial charge on any atom is -0.366 e. The monoisotopic (exact) mass is 481 g/mol. The molecule has 0 fully saturated rings. The van der Waals surface area contributed by atoms with E-state index in [1.54, 1.807) is 25.1 Å². The molecule has 8 heteroatoms. The van der Waals surface area contributed by atoms with E-state index in [0.29, 0.717) is 44.5 Å². The van der Waals surface area contributed by atoms with Crippen LogP contribution in [0.4, 0.5) is 13.2 Å². The number of pyridine rings is 1. The molecule has 1 aromatic heterocycles. The molecule has 0 amide bonds. The van der Waals surface area contributed by atoms with Gasteiger partial charge in [0.1, 0.15) is 12.4 Å². The zero-order chi connectivity index (χ0) is 23.5. The fourth-order valence-corrected chi connectivity index (χ4v) is 3.70. The minimum absolute atomic E-state index is 0.154. The Morgan fingerprint density at radius 3 is 2.31 bits per heavy atom. The molecular weight excluding hydrogens is 462 g/mol. The molecule has 1 heterocycles. The predicted octanol–water partition coefficient (Wildman–Crippen LogP) is 7.54. The molecule has 0 N–H and O–H groups in total. The van der Waals surface area contributed by atoms with E-state index in [0.717, 1.165) is 24.0 Å².